The second kappa shape index (κ2) is 8.63. The van der Waals surface area contributed by atoms with Gasteiger partial charge in [-0.15, -0.1) is 0 Å². The van der Waals surface area contributed by atoms with Crippen molar-refractivity contribution in [2.45, 2.75) is 38.6 Å². The first-order valence-electron chi connectivity index (χ1n) is 9.49. The van der Waals surface area contributed by atoms with Crippen molar-refractivity contribution in [3.63, 3.8) is 0 Å². The lowest BCUT2D eigenvalue weighted by Gasteiger charge is -2.20. The van der Waals surface area contributed by atoms with Crippen LogP contribution < -0.4 is 5.32 Å². The molecule has 2 saturated heterocycles. The molecule has 0 unspecified atom stereocenters. The second-order valence-electron chi connectivity index (χ2n) is 7.52. The van der Waals surface area contributed by atoms with Gasteiger partial charge in [0.1, 0.15) is 0 Å². The Labute approximate surface area is 146 Å². The summed E-state index contributed by atoms with van der Waals surface area (Å²) in [6, 6.07) is 8.17. The predicted octanol–water partition coefficient (Wildman–Crippen LogP) is 2.74. The molecule has 0 saturated carbocycles. The summed E-state index contributed by atoms with van der Waals surface area (Å²) >= 11 is 0. The third-order valence-electron chi connectivity index (χ3n) is 5.33. The van der Waals surface area contributed by atoms with Crippen LogP contribution in [0.5, 0.6) is 0 Å². The first-order valence-corrected chi connectivity index (χ1v) is 9.49. The van der Waals surface area contributed by atoms with Crippen LogP contribution in [0.3, 0.4) is 0 Å². The smallest absolute Gasteiger partial charge is 0.251 e. The van der Waals surface area contributed by atoms with Gasteiger partial charge in [-0.1, -0.05) is 25.0 Å². The van der Waals surface area contributed by atoms with Gasteiger partial charge < -0.3 is 10.2 Å². The first-order chi connectivity index (χ1) is 11.7. The van der Waals surface area contributed by atoms with Gasteiger partial charge in [-0.3, -0.25) is 9.69 Å². The molecule has 0 aromatic heterocycles. The quantitative estimate of drug-likeness (QED) is 0.902. The molecule has 2 aliphatic heterocycles. The largest absolute Gasteiger partial charge is 0.352 e. The predicted molar refractivity (Wildman–Crippen MR) is 98.1 cm³/mol. The van der Waals surface area contributed by atoms with Crippen LogP contribution in [0.1, 0.15) is 48.0 Å². The van der Waals surface area contributed by atoms with E-state index in [1.54, 1.807) is 0 Å². The Bertz CT molecular complexity index is 537. The van der Waals surface area contributed by atoms with Gasteiger partial charge in [-0.2, -0.15) is 0 Å². The Balaban J connectivity index is 1.52. The minimum Gasteiger partial charge on any atom is -0.352 e. The summed E-state index contributed by atoms with van der Waals surface area (Å²) in [5.41, 5.74) is 2.05. The van der Waals surface area contributed by atoms with Gasteiger partial charge in [0.2, 0.25) is 0 Å². The number of carbonyl (C=O) groups is 1. The fourth-order valence-corrected chi connectivity index (χ4v) is 3.90. The van der Waals surface area contributed by atoms with Gasteiger partial charge in [-0.05, 0) is 69.6 Å². The number of nitrogens with one attached hydrogen (secondary N) is 1. The van der Waals surface area contributed by atoms with Crippen molar-refractivity contribution in [3.05, 3.63) is 35.4 Å². The van der Waals surface area contributed by atoms with E-state index in [-0.39, 0.29) is 5.91 Å². The molecule has 0 radical (unpaired) electrons. The number of likely N-dealkylation sites (tertiary alicyclic amines) is 2. The lowest BCUT2D eigenvalue weighted by atomic mass is 10.1. The van der Waals surface area contributed by atoms with E-state index >= 15 is 0 Å². The molecule has 2 heterocycles. The van der Waals surface area contributed by atoms with Crippen molar-refractivity contribution in [1.82, 2.24) is 15.1 Å². The zero-order valence-corrected chi connectivity index (χ0v) is 15.0. The molecule has 3 rings (SSSR count). The molecule has 2 aliphatic rings. The molecule has 1 N–H and O–H groups in total. The fraction of sp³-hybridized carbons (Fsp3) is 0.650. The highest BCUT2D eigenvalue weighted by Crippen LogP contribution is 2.15. The number of carbonyl (C=O) groups excluding carboxylic acids is 1. The van der Waals surface area contributed by atoms with E-state index in [2.05, 4.69) is 34.3 Å². The Morgan fingerprint density at radius 2 is 1.96 bits per heavy atom. The maximum absolute atomic E-state index is 12.4. The SMILES string of the molecule is CN1CC[C@H](CNC(=O)c2cccc(CN3CCCCCC3)c2)C1. The van der Waals surface area contributed by atoms with E-state index in [0.717, 1.165) is 31.7 Å². The van der Waals surface area contributed by atoms with Crippen molar-refractivity contribution in [2.24, 2.45) is 5.92 Å². The van der Waals surface area contributed by atoms with E-state index < -0.39 is 0 Å². The van der Waals surface area contributed by atoms with Crippen LogP contribution in [-0.2, 0) is 6.54 Å². The van der Waals surface area contributed by atoms with Crippen LogP contribution in [0, 0.1) is 5.92 Å². The van der Waals surface area contributed by atoms with Crippen molar-refractivity contribution in [2.75, 3.05) is 39.8 Å². The maximum Gasteiger partial charge on any atom is 0.251 e. The summed E-state index contributed by atoms with van der Waals surface area (Å²) in [6.45, 7) is 6.37. The van der Waals surface area contributed by atoms with Gasteiger partial charge in [0.25, 0.3) is 5.91 Å². The summed E-state index contributed by atoms with van der Waals surface area (Å²) in [5.74, 6) is 0.668. The molecular weight excluding hydrogens is 298 g/mol. The van der Waals surface area contributed by atoms with Crippen LogP contribution in [0.25, 0.3) is 0 Å². The average molecular weight is 329 g/mol. The second-order valence-corrected chi connectivity index (χ2v) is 7.52. The summed E-state index contributed by atoms with van der Waals surface area (Å²) in [5, 5.41) is 3.12. The van der Waals surface area contributed by atoms with E-state index in [9.17, 15) is 4.79 Å². The Morgan fingerprint density at radius 1 is 1.17 bits per heavy atom. The molecule has 2 fully saturated rings. The summed E-state index contributed by atoms with van der Waals surface area (Å²) in [4.78, 5) is 17.3. The standard InChI is InChI=1S/C20H31N3O/c1-22-12-9-18(15-22)14-21-20(24)19-8-6-7-17(13-19)16-23-10-4-2-3-5-11-23/h6-8,13,18H,2-5,9-12,14-16H2,1H3,(H,21,24)/t18-/m1/s1. The normalized spacial score (nSPS) is 23.1. The van der Waals surface area contributed by atoms with Crippen molar-refractivity contribution in [1.29, 1.82) is 0 Å². The summed E-state index contributed by atoms with van der Waals surface area (Å²) in [6.07, 6.45) is 6.50. The molecule has 24 heavy (non-hydrogen) atoms. The molecule has 4 nitrogen and oxygen atoms in total. The number of amides is 1. The molecule has 1 aromatic carbocycles. The summed E-state index contributed by atoms with van der Waals surface area (Å²) in [7, 11) is 2.15. The molecule has 1 amide bonds. The fourth-order valence-electron chi connectivity index (χ4n) is 3.90. The molecule has 132 valence electrons. The lowest BCUT2D eigenvalue weighted by molar-refractivity contribution is 0.0947. The zero-order valence-electron chi connectivity index (χ0n) is 15.0. The van der Waals surface area contributed by atoms with Gasteiger partial charge in [0.15, 0.2) is 0 Å². The van der Waals surface area contributed by atoms with Crippen molar-refractivity contribution >= 4 is 5.91 Å². The van der Waals surface area contributed by atoms with Crippen LogP contribution in [0.2, 0.25) is 0 Å². The number of hydrogen-bond acceptors (Lipinski definition) is 3. The van der Waals surface area contributed by atoms with E-state index in [1.807, 2.05) is 12.1 Å². The van der Waals surface area contributed by atoms with Crippen LogP contribution >= 0.6 is 0 Å². The summed E-state index contributed by atoms with van der Waals surface area (Å²) < 4.78 is 0. The van der Waals surface area contributed by atoms with Gasteiger partial charge in [0.05, 0.1) is 0 Å². The molecular formula is C20H31N3O. The molecule has 0 bridgehead atoms. The average Bonchev–Trinajstić information content (AvgIpc) is 2.84. The Hall–Kier alpha value is -1.39. The Kier molecular flexibility index (Phi) is 6.27. The highest BCUT2D eigenvalue weighted by Gasteiger charge is 2.20. The third kappa shape index (κ3) is 5.05. The van der Waals surface area contributed by atoms with E-state index in [1.165, 1.54) is 50.8 Å². The minimum atomic E-state index is 0.0715. The van der Waals surface area contributed by atoms with Gasteiger partial charge in [0, 0.05) is 25.2 Å². The van der Waals surface area contributed by atoms with Gasteiger partial charge in [-0.25, -0.2) is 0 Å². The topological polar surface area (TPSA) is 35.6 Å². The highest BCUT2D eigenvalue weighted by atomic mass is 16.1. The monoisotopic (exact) mass is 329 g/mol. The lowest BCUT2D eigenvalue weighted by Crippen LogP contribution is -2.30. The molecule has 4 heteroatoms. The molecule has 0 aliphatic carbocycles. The molecule has 1 aromatic rings. The molecule has 1 atom stereocenters. The van der Waals surface area contributed by atoms with Crippen LogP contribution in [0.4, 0.5) is 0 Å². The molecule has 0 spiro atoms. The number of benzene rings is 1. The van der Waals surface area contributed by atoms with Crippen LogP contribution in [-0.4, -0.2) is 55.5 Å². The van der Waals surface area contributed by atoms with Crippen molar-refractivity contribution < 1.29 is 4.79 Å². The highest BCUT2D eigenvalue weighted by molar-refractivity contribution is 5.94. The van der Waals surface area contributed by atoms with E-state index in [4.69, 9.17) is 0 Å². The number of nitrogens with zero attached hydrogens (tertiary/aromatic N) is 2. The van der Waals surface area contributed by atoms with Gasteiger partial charge >= 0.3 is 0 Å². The van der Waals surface area contributed by atoms with E-state index in [0.29, 0.717) is 5.92 Å². The number of hydrogen-bond donors (Lipinski definition) is 1. The first kappa shape index (κ1) is 17.4. The maximum atomic E-state index is 12.4. The third-order valence-corrected chi connectivity index (χ3v) is 5.33. The number of rotatable bonds is 5. The zero-order chi connectivity index (χ0) is 16.8. The van der Waals surface area contributed by atoms with Crippen LogP contribution in [0.15, 0.2) is 24.3 Å². The Morgan fingerprint density at radius 3 is 2.67 bits per heavy atom. The van der Waals surface area contributed by atoms with Crippen molar-refractivity contribution in [3.8, 4) is 0 Å². The minimum absolute atomic E-state index is 0.0715.